The highest BCUT2D eigenvalue weighted by Gasteiger charge is 2.17. The lowest BCUT2D eigenvalue weighted by Crippen LogP contribution is -2.13. The van der Waals surface area contributed by atoms with E-state index in [0.717, 1.165) is 0 Å². The molecule has 0 saturated heterocycles. The fraction of sp³-hybridized carbons (Fsp3) is 0. The zero-order valence-electron chi connectivity index (χ0n) is 10.9. The first-order valence-corrected chi connectivity index (χ1v) is 7.63. The molecule has 0 spiro atoms. The van der Waals surface area contributed by atoms with Gasteiger partial charge in [0.2, 0.25) is 0 Å². The van der Waals surface area contributed by atoms with E-state index < -0.39 is 10.0 Å². The molecule has 6 nitrogen and oxygen atoms in total. The molecule has 0 fully saturated rings. The van der Waals surface area contributed by atoms with Crippen LogP contribution < -0.4 is 10.5 Å². The van der Waals surface area contributed by atoms with Gasteiger partial charge in [0.05, 0.1) is 22.3 Å². The maximum Gasteiger partial charge on any atom is 0.262 e. The van der Waals surface area contributed by atoms with E-state index in [0.29, 0.717) is 22.4 Å². The molecular weight excluding hydrogens is 288 g/mol. The average molecular weight is 300 g/mol. The van der Waals surface area contributed by atoms with Crippen LogP contribution in [0.3, 0.4) is 0 Å². The van der Waals surface area contributed by atoms with Crippen LogP contribution in [0.25, 0.3) is 10.9 Å². The van der Waals surface area contributed by atoms with Crippen molar-refractivity contribution < 1.29 is 8.42 Å². The van der Waals surface area contributed by atoms with Crippen LogP contribution in [0.4, 0.5) is 11.5 Å². The molecule has 0 aliphatic rings. The number of pyridine rings is 2. The Morgan fingerprint density at radius 3 is 2.62 bits per heavy atom. The van der Waals surface area contributed by atoms with Crippen LogP contribution in [0.1, 0.15) is 0 Å². The molecule has 0 bridgehead atoms. The van der Waals surface area contributed by atoms with Crippen LogP contribution in [0.5, 0.6) is 0 Å². The zero-order valence-corrected chi connectivity index (χ0v) is 11.7. The molecule has 1 aromatic carbocycles. The molecule has 0 radical (unpaired) electrons. The van der Waals surface area contributed by atoms with Crippen molar-refractivity contribution in [2.75, 3.05) is 10.5 Å². The number of hydrogen-bond donors (Lipinski definition) is 2. The zero-order chi connectivity index (χ0) is 14.9. The summed E-state index contributed by atoms with van der Waals surface area (Å²) in [6, 6.07) is 11.5. The van der Waals surface area contributed by atoms with Crippen LogP contribution in [0.2, 0.25) is 0 Å². The van der Waals surface area contributed by atoms with E-state index in [9.17, 15) is 8.42 Å². The number of nitrogens with zero attached hydrogens (tertiary/aromatic N) is 2. The van der Waals surface area contributed by atoms with Gasteiger partial charge >= 0.3 is 0 Å². The summed E-state index contributed by atoms with van der Waals surface area (Å²) in [6.45, 7) is 0. The molecule has 3 N–H and O–H groups in total. The maximum absolute atomic E-state index is 12.5. The van der Waals surface area contributed by atoms with E-state index in [-0.39, 0.29) is 4.90 Å². The molecule has 0 saturated carbocycles. The van der Waals surface area contributed by atoms with E-state index >= 15 is 0 Å². The standard InChI is InChI=1S/C14H12N4O2S/c15-14-7-6-10(9-17-14)18-21(19,20)13-5-1-4-12-11(13)3-2-8-16-12/h1-9,18H,(H2,15,17). The topological polar surface area (TPSA) is 98.0 Å². The number of rotatable bonds is 3. The molecule has 106 valence electrons. The van der Waals surface area contributed by atoms with Crippen molar-refractivity contribution >= 4 is 32.4 Å². The Morgan fingerprint density at radius 2 is 1.86 bits per heavy atom. The van der Waals surface area contributed by atoms with Crippen molar-refractivity contribution in [1.29, 1.82) is 0 Å². The highest BCUT2D eigenvalue weighted by Crippen LogP contribution is 2.23. The summed E-state index contributed by atoms with van der Waals surface area (Å²) >= 11 is 0. The summed E-state index contributed by atoms with van der Waals surface area (Å²) in [7, 11) is -3.72. The highest BCUT2D eigenvalue weighted by atomic mass is 32.2. The summed E-state index contributed by atoms with van der Waals surface area (Å²) < 4.78 is 27.5. The second-order valence-corrected chi connectivity index (χ2v) is 6.05. The van der Waals surface area contributed by atoms with Crippen molar-refractivity contribution in [3.63, 3.8) is 0 Å². The van der Waals surface area contributed by atoms with Crippen LogP contribution in [-0.4, -0.2) is 18.4 Å². The quantitative estimate of drug-likeness (QED) is 0.771. The molecule has 3 rings (SSSR count). The lowest BCUT2D eigenvalue weighted by Gasteiger charge is -2.10. The van der Waals surface area contributed by atoms with Gasteiger partial charge in [-0.15, -0.1) is 0 Å². The average Bonchev–Trinajstić information content (AvgIpc) is 2.49. The molecule has 2 aromatic heterocycles. The molecule has 21 heavy (non-hydrogen) atoms. The molecule has 0 amide bonds. The van der Waals surface area contributed by atoms with Gasteiger partial charge in [-0.25, -0.2) is 13.4 Å². The maximum atomic E-state index is 12.5. The molecule has 2 heterocycles. The van der Waals surface area contributed by atoms with Gasteiger partial charge in [0.1, 0.15) is 5.82 Å². The van der Waals surface area contributed by atoms with Gasteiger partial charge < -0.3 is 5.73 Å². The Labute approximate surface area is 121 Å². The summed E-state index contributed by atoms with van der Waals surface area (Å²) in [4.78, 5) is 8.18. The fourth-order valence-corrected chi connectivity index (χ4v) is 3.25. The van der Waals surface area contributed by atoms with Crippen molar-refractivity contribution in [1.82, 2.24) is 9.97 Å². The Balaban J connectivity index is 2.06. The van der Waals surface area contributed by atoms with Crippen molar-refractivity contribution in [3.8, 4) is 0 Å². The molecule has 0 atom stereocenters. The third-order valence-corrected chi connectivity index (χ3v) is 4.37. The minimum absolute atomic E-state index is 0.171. The Kier molecular flexibility index (Phi) is 3.19. The summed E-state index contributed by atoms with van der Waals surface area (Å²) in [5.74, 6) is 0.326. The minimum atomic E-state index is -3.72. The summed E-state index contributed by atoms with van der Waals surface area (Å²) in [6.07, 6.45) is 2.99. The summed E-state index contributed by atoms with van der Waals surface area (Å²) in [5.41, 5.74) is 6.45. The van der Waals surface area contributed by atoms with Crippen LogP contribution in [0, 0.1) is 0 Å². The van der Waals surface area contributed by atoms with Crippen LogP contribution >= 0.6 is 0 Å². The monoisotopic (exact) mass is 300 g/mol. The van der Waals surface area contributed by atoms with Gasteiger partial charge in [-0.3, -0.25) is 9.71 Å². The van der Waals surface area contributed by atoms with E-state index in [1.165, 1.54) is 18.3 Å². The third-order valence-electron chi connectivity index (χ3n) is 2.93. The van der Waals surface area contributed by atoms with E-state index in [2.05, 4.69) is 14.7 Å². The van der Waals surface area contributed by atoms with E-state index in [4.69, 9.17) is 5.73 Å². The molecule has 3 aromatic rings. The van der Waals surface area contributed by atoms with Crippen molar-refractivity contribution in [2.45, 2.75) is 4.90 Å². The normalized spacial score (nSPS) is 11.4. The first-order valence-electron chi connectivity index (χ1n) is 6.14. The fourth-order valence-electron chi connectivity index (χ4n) is 1.99. The lowest BCUT2D eigenvalue weighted by molar-refractivity contribution is 0.602. The highest BCUT2D eigenvalue weighted by molar-refractivity contribution is 7.93. The predicted octanol–water partition coefficient (Wildman–Crippen LogP) is 2.01. The number of benzene rings is 1. The van der Waals surface area contributed by atoms with Crippen molar-refractivity contribution in [2.24, 2.45) is 0 Å². The van der Waals surface area contributed by atoms with Gasteiger partial charge in [-0.05, 0) is 36.4 Å². The molecule has 0 unspecified atom stereocenters. The largest absolute Gasteiger partial charge is 0.384 e. The molecule has 7 heteroatoms. The number of aromatic nitrogens is 2. The first kappa shape index (κ1) is 13.3. The van der Waals surface area contributed by atoms with Gasteiger partial charge in [0.25, 0.3) is 10.0 Å². The SMILES string of the molecule is Nc1ccc(NS(=O)(=O)c2cccc3ncccc23)cn1. The number of nitrogens with one attached hydrogen (secondary N) is 1. The van der Waals surface area contributed by atoms with Gasteiger partial charge in [0, 0.05) is 11.6 Å². The van der Waals surface area contributed by atoms with Crippen LogP contribution in [-0.2, 0) is 10.0 Å². The number of anilines is 2. The smallest absolute Gasteiger partial charge is 0.262 e. The lowest BCUT2D eigenvalue weighted by atomic mass is 10.2. The summed E-state index contributed by atoms with van der Waals surface area (Å²) in [5, 5.41) is 0.566. The number of nitrogens with two attached hydrogens (primary N) is 1. The van der Waals surface area contributed by atoms with Gasteiger partial charge in [-0.1, -0.05) is 6.07 Å². The minimum Gasteiger partial charge on any atom is -0.384 e. The van der Waals surface area contributed by atoms with Gasteiger partial charge in [0.15, 0.2) is 0 Å². The molecule has 0 aliphatic heterocycles. The Morgan fingerprint density at radius 1 is 1.00 bits per heavy atom. The van der Waals surface area contributed by atoms with Crippen molar-refractivity contribution in [3.05, 3.63) is 54.9 Å². The second-order valence-electron chi connectivity index (χ2n) is 4.40. The molecular formula is C14H12N4O2S. The number of nitrogen functional groups attached to an aromatic ring is 1. The number of hydrogen-bond acceptors (Lipinski definition) is 5. The number of fused-ring (bicyclic) bond motifs is 1. The molecule has 0 aliphatic carbocycles. The third kappa shape index (κ3) is 2.63. The Bertz CT molecular complexity index is 887. The predicted molar refractivity (Wildman–Crippen MR) is 81.2 cm³/mol. The second kappa shape index (κ2) is 5.02. The van der Waals surface area contributed by atoms with Crippen LogP contribution in [0.15, 0.2) is 59.8 Å². The van der Waals surface area contributed by atoms with E-state index in [1.54, 1.807) is 36.5 Å². The Hall–Kier alpha value is -2.67. The number of sulfonamides is 1. The first-order chi connectivity index (χ1) is 10.1. The van der Waals surface area contributed by atoms with E-state index in [1.807, 2.05) is 0 Å². The van der Waals surface area contributed by atoms with Gasteiger partial charge in [-0.2, -0.15) is 0 Å².